The van der Waals surface area contributed by atoms with Gasteiger partial charge >= 0.3 is 295 Å². The van der Waals surface area contributed by atoms with Crippen molar-refractivity contribution in [1.29, 1.82) is 0 Å². The third-order valence-corrected chi connectivity index (χ3v) is 24.9. The summed E-state index contributed by atoms with van der Waals surface area (Å²) in [6.07, 6.45) is 3.60. The van der Waals surface area contributed by atoms with E-state index in [1.165, 1.54) is 69.3 Å². The second kappa shape index (κ2) is 12.3. The minimum absolute atomic E-state index is 0.0409. The van der Waals surface area contributed by atoms with Crippen LogP contribution in [-0.2, 0) is 28.7 Å². The summed E-state index contributed by atoms with van der Waals surface area (Å²) < 4.78 is 1.39. The first kappa shape index (κ1) is 34.2. The molecule has 46 heavy (non-hydrogen) atoms. The van der Waals surface area contributed by atoms with E-state index < -0.39 is 27.4 Å². The van der Waals surface area contributed by atoms with Gasteiger partial charge in [-0.3, -0.25) is 0 Å². The molecule has 0 N–H and O–H groups in total. The summed E-state index contributed by atoms with van der Waals surface area (Å²) in [4.78, 5) is 0. The molecule has 0 nitrogen and oxygen atoms in total. The Morgan fingerprint density at radius 1 is 0.783 bits per heavy atom. The van der Waals surface area contributed by atoms with Gasteiger partial charge in [-0.05, 0) is 0 Å². The first-order valence-corrected chi connectivity index (χ1v) is 27.6. The summed E-state index contributed by atoms with van der Waals surface area (Å²) in [5.41, 5.74) is 13.9. The van der Waals surface area contributed by atoms with E-state index in [0.29, 0.717) is 11.8 Å². The van der Waals surface area contributed by atoms with Crippen molar-refractivity contribution in [3.8, 4) is 22.3 Å². The predicted octanol–water partition coefficient (Wildman–Crippen LogP) is 10.4. The third-order valence-electron chi connectivity index (χ3n) is 10.6. The van der Waals surface area contributed by atoms with Crippen LogP contribution in [-0.4, -0.2) is 9.52 Å². The van der Waals surface area contributed by atoms with Crippen LogP contribution >= 0.6 is 17.0 Å². The SMILES string of the molecule is CCC(C)C1=Cc2c(ccc(C(C)C)c2-c2cc(C(C)(C)C)cc(C(C)(C)C)c2)[CH]1[Zr]([Cl])([Cl])[c]1cccc2c1[SiH2]c1ccccc1-2. The predicted molar refractivity (Wildman–Crippen MR) is 205 cm³/mol. The van der Waals surface area contributed by atoms with Crippen LogP contribution in [0.4, 0.5) is 0 Å². The van der Waals surface area contributed by atoms with Crippen molar-refractivity contribution in [2.24, 2.45) is 5.92 Å². The van der Waals surface area contributed by atoms with Crippen LogP contribution in [0, 0.1) is 5.92 Å². The molecule has 0 spiro atoms. The van der Waals surface area contributed by atoms with Crippen LogP contribution in [0.25, 0.3) is 28.3 Å². The second-order valence-corrected chi connectivity index (χ2v) is 32.0. The molecule has 0 radical (unpaired) electrons. The number of hydrogen-bond donors (Lipinski definition) is 0. The standard InChI is InChI=1S/C30H41.C12H9Si.2ClH.Zr/c1-11-20(4)22-14-21-12-13-26(19(2)3)28(27(21)17-22)23-15-24(29(5,6)7)18-25(16-23)30(8,9)10;1-3-7-11-9(5-1)10-6-2-4-8-12(10)13-11;;;/h12-20H,11H2,1-10H3;1-7H,13H2;2*1H;/q;;;;+2/p-2. The summed E-state index contributed by atoms with van der Waals surface area (Å²) in [7, 11) is 15.4. The second-order valence-electron chi connectivity index (χ2n) is 16.2. The van der Waals surface area contributed by atoms with Crippen molar-refractivity contribution >= 4 is 46.3 Å². The van der Waals surface area contributed by atoms with E-state index in [-0.39, 0.29) is 14.5 Å². The number of hydrogen-bond acceptors (Lipinski definition) is 0. The first-order valence-electron chi connectivity index (χ1n) is 17.2. The molecule has 240 valence electrons. The topological polar surface area (TPSA) is 0 Å². The average molecular weight is 745 g/mol. The Kier molecular flexibility index (Phi) is 9.15. The van der Waals surface area contributed by atoms with E-state index in [2.05, 4.69) is 148 Å². The summed E-state index contributed by atoms with van der Waals surface area (Å²) in [6, 6.07) is 27.9. The zero-order chi connectivity index (χ0) is 33.3. The molecule has 0 amide bonds. The van der Waals surface area contributed by atoms with Gasteiger partial charge in [-0.1, -0.05) is 0 Å². The molecule has 6 rings (SSSR count). The van der Waals surface area contributed by atoms with Gasteiger partial charge in [0.25, 0.3) is 0 Å². The van der Waals surface area contributed by atoms with Crippen LogP contribution < -0.4 is 13.6 Å². The number of rotatable bonds is 6. The molecule has 0 saturated carbocycles. The quantitative estimate of drug-likeness (QED) is 0.152. The Balaban J connectivity index is 1.61. The fourth-order valence-electron chi connectivity index (χ4n) is 7.62. The van der Waals surface area contributed by atoms with Gasteiger partial charge in [-0.15, -0.1) is 0 Å². The van der Waals surface area contributed by atoms with Crippen LogP contribution in [0.2, 0.25) is 0 Å². The van der Waals surface area contributed by atoms with E-state index in [4.69, 9.17) is 17.0 Å². The van der Waals surface area contributed by atoms with Gasteiger partial charge in [0.15, 0.2) is 0 Å². The molecule has 0 aromatic heterocycles. The van der Waals surface area contributed by atoms with Gasteiger partial charge in [-0.25, -0.2) is 0 Å². The first-order chi connectivity index (χ1) is 21.5. The van der Waals surface area contributed by atoms with Gasteiger partial charge in [0.05, 0.1) is 0 Å². The van der Waals surface area contributed by atoms with Crippen LogP contribution in [0.5, 0.6) is 0 Å². The van der Waals surface area contributed by atoms with Crippen molar-refractivity contribution in [3.63, 3.8) is 0 Å². The average Bonchev–Trinajstić information content (AvgIpc) is 3.58. The summed E-state index contributed by atoms with van der Waals surface area (Å²) in [6.45, 7) is 23.3. The number of benzene rings is 4. The summed E-state index contributed by atoms with van der Waals surface area (Å²) in [5.74, 6) is 0.789. The molecule has 4 heteroatoms. The van der Waals surface area contributed by atoms with Gasteiger partial charge in [-0.2, -0.15) is 0 Å². The molecule has 0 fully saturated rings. The molecule has 1 aliphatic heterocycles. The summed E-state index contributed by atoms with van der Waals surface area (Å²) >= 11 is -4.09. The molecule has 1 heterocycles. The van der Waals surface area contributed by atoms with Crippen molar-refractivity contribution in [1.82, 2.24) is 0 Å². The molecule has 1 aliphatic carbocycles. The Labute approximate surface area is 292 Å². The van der Waals surface area contributed by atoms with Crippen LogP contribution in [0.1, 0.15) is 113 Å². The third kappa shape index (κ3) is 5.93. The fraction of sp³-hybridized carbons (Fsp3) is 0.381. The fourth-order valence-corrected chi connectivity index (χ4v) is 24.5. The van der Waals surface area contributed by atoms with Crippen molar-refractivity contribution in [2.45, 2.75) is 96.0 Å². The molecular weight excluding hydrogens is 695 g/mol. The minimum atomic E-state index is -4.09. The maximum absolute atomic E-state index is 8.05. The van der Waals surface area contributed by atoms with Crippen molar-refractivity contribution < 1.29 is 17.9 Å². The van der Waals surface area contributed by atoms with Crippen molar-refractivity contribution in [2.75, 3.05) is 0 Å². The van der Waals surface area contributed by atoms with E-state index in [1.54, 1.807) is 0 Å². The van der Waals surface area contributed by atoms with E-state index in [9.17, 15) is 0 Å². The number of fused-ring (bicyclic) bond motifs is 4. The van der Waals surface area contributed by atoms with E-state index in [1.807, 2.05) is 0 Å². The van der Waals surface area contributed by atoms with E-state index in [0.717, 1.165) is 6.42 Å². The summed E-state index contributed by atoms with van der Waals surface area (Å²) in [5, 5.41) is 3.01. The number of halogens is 2. The normalized spacial score (nSPS) is 17.2. The molecule has 4 aromatic rings. The molecule has 2 atom stereocenters. The molecule has 0 saturated heterocycles. The Bertz CT molecular complexity index is 1820. The molecule has 2 aliphatic rings. The van der Waals surface area contributed by atoms with Crippen LogP contribution in [0.3, 0.4) is 0 Å². The van der Waals surface area contributed by atoms with Gasteiger partial charge < -0.3 is 0 Å². The molecule has 0 bridgehead atoms. The maximum atomic E-state index is 8.05. The zero-order valence-electron chi connectivity index (χ0n) is 29.4. The zero-order valence-corrected chi connectivity index (χ0v) is 34.8. The molecule has 2 unspecified atom stereocenters. The van der Waals surface area contributed by atoms with Gasteiger partial charge in [0.1, 0.15) is 0 Å². The van der Waals surface area contributed by atoms with Crippen molar-refractivity contribution in [3.05, 3.63) is 106 Å². The Hall–Kier alpha value is -1.70. The monoisotopic (exact) mass is 742 g/mol. The number of allylic oxidation sites excluding steroid dienone is 1. The Morgan fingerprint density at radius 2 is 1.41 bits per heavy atom. The molecular formula is C42H50Cl2SiZr. The van der Waals surface area contributed by atoms with E-state index >= 15 is 0 Å². The van der Waals surface area contributed by atoms with Gasteiger partial charge in [0.2, 0.25) is 0 Å². The van der Waals surface area contributed by atoms with Crippen LogP contribution in [0.15, 0.2) is 78.4 Å². The Morgan fingerprint density at radius 3 is 2.02 bits per heavy atom. The molecule has 4 aromatic carbocycles. The van der Waals surface area contributed by atoms with Gasteiger partial charge in [0, 0.05) is 0 Å².